The summed E-state index contributed by atoms with van der Waals surface area (Å²) < 4.78 is 0. The van der Waals surface area contributed by atoms with Crippen molar-refractivity contribution in [2.24, 2.45) is 0 Å². The molecule has 0 unspecified atom stereocenters. The van der Waals surface area contributed by atoms with Crippen molar-refractivity contribution in [2.75, 3.05) is 0 Å². The standard InChI is InChI=1S/C10H16N2OS/c1-6(2)10-12-8(5-14-10)9(13)11-7(3)4/h5-7H,1-4H3,(H,11,13). The summed E-state index contributed by atoms with van der Waals surface area (Å²) in [6.45, 7) is 8.02. The van der Waals surface area contributed by atoms with Crippen molar-refractivity contribution in [3.05, 3.63) is 16.1 Å². The zero-order valence-corrected chi connectivity index (χ0v) is 9.81. The van der Waals surface area contributed by atoms with E-state index in [1.165, 1.54) is 0 Å². The molecule has 4 heteroatoms. The van der Waals surface area contributed by atoms with Gasteiger partial charge in [0.2, 0.25) is 0 Å². The average Bonchev–Trinajstić information content (AvgIpc) is 2.50. The Balaban J connectivity index is 2.71. The van der Waals surface area contributed by atoms with E-state index in [-0.39, 0.29) is 11.9 Å². The zero-order valence-electron chi connectivity index (χ0n) is 9.00. The number of amides is 1. The predicted molar refractivity (Wildman–Crippen MR) is 58.8 cm³/mol. The molecule has 1 rings (SSSR count). The van der Waals surface area contributed by atoms with Crippen LogP contribution in [-0.2, 0) is 0 Å². The number of hydrogen-bond acceptors (Lipinski definition) is 3. The van der Waals surface area contributed by atoms with Gasteiger partial charge >= 0.3 is 0 Å². The summed E-state index contributed by atoms with van der Waals surface area (Å²) in [6.07, 6.45) is 0. The highest BCUT2D eigenvalue weighted by Crippen LogP contribution is 2.18. The van der Waals surface area contributed by atoms with Crippen molar-refractivity contribution < 1.29 is 4.79 Å². The fourth-order valence-corrected chi connectivity index (χ4v) is 1.81. The highest BCUT2D eigenvalue weighted by molar-refractivity contribution is 7.09. The molecular weight excluding hydrogens is 196 g/mol. The largest absolute Gasteiger partial charge is 0.349 e. The van der Waals surface area contributed by atoms with E-state index in [1.54, 1.807) is 11.3 Å². The monoisotopic (exact) mass is 212 g/mol. The molecule has 78 valence electrons. The van der Waals surface area contributed by atoms with Crippen molar-refractivity contribution >= 4 is 17.2 Å². The van der Waals surface area contributed by atoms with Crippen molar-refractivity contribution in [1.29, 1.82) is 0 Å². The third-order valence-electron chi connectivity index (χ3n) is 1.67. The van der Waals surface area contributed by atoms with Gasteiger partial charge in [-0.05, 0) is 13.8 Å². The van der Waals surface area contributed by atoms with Gasteiger partial charge < -0.3 is 5.32 Å². The minimum absolute atomic E-state index is 0.0804. The van der Waals surface area contributed by atoms with E-state index in [2.05, 4.69) is 24.1 Å². The van der Waals surface area contributed by atoms with E-state index >= 15 is 0 Å². The van der Waals surface area contributed by atoms with E-state index in [0.29, 0.717) is 11.6 Å². The molecule has 3 nitrogen and oxygen atoms in total. The van der Waals surface area contributed by atoms with Crippen LogP contribution in [-0.4, -0.2) is 16.9 Å². The Labute approximate surface area is 88.6 Å². The number of carbonyl (C=O) groups excluding carboxylic acids is 1. The van der Waals surface area contributed by atoms with E-state index in [1.807, 2.05) is 19.2 Å². The van der Waals surface area contributed by atoms with Crippen LogP contribution in [0.4, 0.5) is 0 Å². The van der Waals surface area contributed by atoms with Gasteiger partial charge in [0.1, 0.15) is 5.69 Å². The van der Waals surface area contributed by atoms with E-state index in [0.717, 1.165) is 5.01 Å². The van der Waals surface area contributed by atoms with Crippen LogP contribution >= 0.6 is 11.3 Å². The highest BCUT2D eigenvalue weighted by Gasteiger charge is 2.12. The number of thiazole rings is 1. The normalized spacial score (nSPS) is 11.0. The van der Waals surface area contributed by atoms with Gasteiger partial charge in [0.15, 0.2) is 0 Å². The Hall–Kier alpha value is -0.900. The summed E-state index contributed by atoms with van der Waals surface area (Å²) in [5, 5.41) is 5.64. The third kappa shape index (κ3) is 2.80. The lowest BCUT2D eigenvalue weighted by molar-refractivity contribution is 0.0938. The smallest absolute Gasteiger partial charge is 0.270 e. The summed E-state index contributed by atoms with van der Waals surface area (Å²) in [5.41, 5.74) is 0.535. The van der Waals surface area contributed by atoms with Gasteiger partial charge in [-0.2, -0.15) is 0 Å². The number of aromatic nitrogens is 1. The van der Waals surface area contributed by atoms with Crippen LogP contribution in [0.25, 0.3) is 0 Å². The molecule has 0 fully saturated rings. The maximum Gasteiger partial charge on any atom is 0.270 e. The minimum Gasteiger partial charge on any atom is -0.349 e. The van der Waals surface area contributed by atoms with Crippen LogP contribution in [0.15, 0.2) is 5.38 Å². The highest BCUT2D eigenvalue weighted by atomic mass is 32.1. The van der Waals surface area contributed by atoms with E-state index < -0.39 is 0 Å². The predicted octanol–water partition coefficient (Wildman–Crippen LogP) is 2.40. The summed E-state index contributed by atoms with van der Waals surface area (Å²) in [6, 6.07) is 0.159. The summed E-state index contributed by atoms with van der Waals surface area (Å²) in [4.78, 5) is 15.8. The summed E-state index contributed by atoms with van der Waals surface area (Å²) in [7, 11) is 0. The van der Waals surface area contributed by atoms with Crippen molar-refractivity contribution in [2.45, 2.75) is 39.7 Å². The molecule has 0 spiro atoms. The second-order valence-corrected chi connectivity index (χ2v) is 4.74. The molecule has 0 saturated heterocycles. The van der Waals surface area contributed by atoms with Gasteiger partial charge in [-0.3, -0.25) is 4.79 Å². The first-order chi connectivity index (χ1) is 6.50. The second kappa shape index (κ2) is 4.55. The number of hydrogen-bond donors (Lipinski definition) is 1. The number of nitrogens with one attached hydrogen (secondary N) is 1. The lowest BCUT2D eigenvalue weighted by Gasteiger charge is -2.05. The molecule has 1 amide bonds. The van der Waals surface area contributed by atoms with Crippen LogP contribution in [0.2, 0.25) is 0 Å². The lowest BCUT2D eigenvalue weighted by Crippen LogP contribution is -2.30. The molecule has 0 atom stereocenters. The Morgan fingerprint density at radius 2 is 2.07 bits per heavy atom. The number of nitrogens with zero attached hydrogens (tertiary/aromatic N) is 1. The van der Waals surface area contributed by atoms with Crippen molar-refractivity contribution in [3.8, 4) is 0 Å². The molecule has 1 aromatic rings. The van der Waals surface area contributed by atoms with Crippen LogP contribution in [0.1, 0.15) is 49.1 Å². The molecular formula is C10H16N2OS. The minimum atomic E-state index is -0.0804. The SMILES string of the molecule is CC(C)NC(=O)c1csc(C(C)C)n1. The molecule has 0 aliphatic heterocycles. The van der Waals surface area contributed by atoms with Crippen LogP contribution in [0.5, 0.6) is 0 Å². The summed E-state index contributed by atoms with van der Waals surface area (Å²) in [5.74, 6) is 0.309. The third-order valence-corrected chi connectivity index (χ3v) is 2.81. The maximum absolute atomic E-state index is 11.5. The molecule has 0 radical (unpaired) electrons. The molecule has 0 aliphatic rings. The molecule has 1 aromatic heterocycles. The first-order valence-electron chi connectivity index (χ1n) is 4.77. The molecule has 1 N–H and O–H groups in total. The fourth-order valence-electron chi connectivity index (χ4n) is 0.993. The molecule has 14 heavy (non-hydrogen) atoms. The number of rotatable bonds is 3. The number of carbonyl (C=O) groups is 1. The van der Waals surface area contributed by atoms with Gasteiger partial charge in [-0.15, -0.1) is 11.3 Å². The molecule has 0 aromatic carbocycles. The molecule has 1 heterocycles. The molecule has 0 bridgehead atoms. The van der Waals surface area contributed by atoms with Crippen LogP contribution in [0.3, 0.4) is 0 Å². The zero-order chi connectivity index (χ0) is 10.7. The molecule has 0 saturated carbocycles. The van der Waals surface area contributed by atoms with E-state index in [4.69, 9.17) is 0 Å². The van der Waals surface area contributed by atoms with Crippen molar-refractivity contribution in [3.63, 3.8) is 0 Å². The van der Waals surface area contributed by atoms with Gasteiger partial charge in [0, 0.05) is 17.3 Å². The Kier molecular flexibility index (Phi) is 3.63. The van der Waals surface area contributed by atoms with Gasteiger partial charge in [-0.1, -0.05) is 13.8 Å². The van der Waals surface area contributed by atoms with E-state index in [9.17, 15) is 4.79 Å². The quantitative estimate of drug-likeness (QED) is 0.836. The van der Waals surface area contributed by atoms with Gasteiger partial charge in [0.05, 0.1) is 5.01 Å². The second-order valence-electron chi connectivity index (χ2n) is 3.85. The fraction of sp³-hybridized carbons (Fsp3) is 0.600. The van der Waals surface area contributed by atoms with Gasteiger partial charge in [0.25, 0.3) is 5.91 Å². The molecule has 0 aliphatic carbocycles. The van der Waals surface area contributed by atoms with Crippen LogP contribution in [0, 0.1) is 0 Å². The Morgan fingerprint density at radius 1 is 1.43 bits per heavy atom. The first-order valence-corrected chi connectivity index (χ1v) is 5.65. The first kappa shape index (κ1) is 11.2. The lowest BCUT2D eigenvalue weighted by atomic mass is 10.2. The van der Waals surface area contributed by atoms with Crippen molar-refractivity contribution in [1.82, 2.24) is 10.3 Å². The summed E-state index contributed by atoms with van der Waals surface area (Å²) >= 11 is 1.54. The maximum atomic E-state index is 11.5. The average molecular weight is 212 g/mol. The Bertz CT molecular complexity index is 318. The van der Waals surface area contributed by atoms with Crippen LogP contribution < -0.4 is 5.32 Å². The van der Waals surface area contributed by atoms with Gasteiger partial charge in [-0.25, -0.2) is 4.98 Å². The topological polar surface area (TPSA) is 42.0 Å². The Morgan fingerprint density at radius 3 is 2.50 bits per heavy atom.